The highest BCUT2D eigenvalue weighted by Gasteiger charge is 2.31. The van der Waals surface area contributed by atoms with Gasteiger partial charge in [0.1, 0.15) is 10.5 Å². The van der Waals surface area contributed by atoms with Gasteiger partial charge in [0, 0.05) is 37.1 Å². The van der Waals surface area contributed by atoms with E-state index in [0.29, 0.717) is 25.3 Å². The van der Waals surface area contributed by atoms with Gasteiger partial charge in [-0.3, -0.25) is 10.1 Å². The van der Waals surface area contributed by atoms with E-state index in [0.717, 1.165) is 35.9 Å². The van der Waals surface area contributed by atoms with E-state index >= 15 is 0 Å². The number of nitro benzene ring substituents is 1. The molecule has 10 heteroatoms. The van der Waals surface area contributed by atoms with Crippen LogP contribution in [0.4, 0.5) is 11.4 Å². The van der Waals surface area contributed by atoms with Crippen LogP contribution in [0.3, 0.4) is 0 Å². The van der Waals surface area contributed by atoms with Crippen molar-refractivity contribution in [3.05, 3.63) is 64.1 Å². The molecular weight excluding hydrogens is 394 g/mol. The fraction of sp³-hybridized carbons (Fsp3) is 0.316. The molecule has 0 unspecified atom stereocenters. The number of hydrogen-bond donors (Lipinski definition) is 1. The lowest BCUT2D eigenvalue weighted by molar-refractivity contribution is -0.385. The van der Waals surface area contributed by atoms with Crippen LogP contribution in [-0.4, -0.2) is 40.1 Å². The Morgan fingerprint density at radius 3 is 2.66 bits per heavy atom. The van der Waals surface area contributed by atoms with E-state index in [1.807, 2.05) is 35.7 Å². The van der Waals surface area contributed by atoms with Crippen LogP contribution in [0.2, 0.25) is 0 Å². The Balaban J connectivity index is 1.67. The van der Waals surface area contributed by atoms with E-state index in [4.69, 9.17) is 0 Å². The largest absolute Gasteiger partial charge is 0.378 e. The summed E-state index contributed by atoms with van der Waals surface area (Å²) in [7, 11) is -3.82. The molecule has 0 bridgehead atoms. The molecule has 29 heavy (non-hydrogen) atoms. The topological polar surface area (TPSA) is 110 Å². The third-order valence-corrected chi connectivity index (χ3v) is 7.00. The Bertz CT molecular complexity index is 1180. The molecule has 1 aliphatic rings. The summed E-state index contributed by atoms with van der Waals surface area (Å²) in [5.74, 6) is 0. The van der Waals surface area contributed by atoms with Gasteiger partial charge in [-0.25, -0.2) is 13.4 Å². The fourth-order valence-corrected chi connectivity index (χ4v) is 5.23. The molecule has 4 rings (SSSR count). The number of sulfonamides is 1. The molecule has 0 atom stereocenters. The number of anilines is 1. The Morgan fingerprint density at radius 2 is 1.97 bits per heavy atom. The zero-order valence-electron chi connectivity index (χ0n) is 15.9. The Hall–Kier alpha value is -2.98. The van der Waals surface area contributed by atoms with Gasteiger partial charge in [-0.05, 0) is 38.0 Å². The van der Waals surface area contributed by atoms with Crippen LogP contribution in [0, 0.1) is 17.0 Å². The highest BCUT2D eigenvalue weighted by Crippen LogP contribution is 2.31. The number of nitrogens with one attached hydrogen (secondary N) is 1. The first-order chi connectivity index (χ1) is 13.9. The van der Waals surface area contributed by atoms with Crippen molar-refractivity contribution in [2.75, 3.05) is 18.4 Å². The molecule has 0 radical (unpaired) electrons. The number of imidazole rings is 1. The summed E-state index contributed by atoms with van der Waals surface area (Å²) < 4.78 is 29.5. The molecule has 3 heterocycles. The highest BCUT2D eigenvalue weighted by molar-refractivity contribution is 7.89. The molecule has 9 nitrogen and oxygen atoms in total. The highest BCUT2D eigenvalue weighted by atomic mass is 32.2. The van der Waals surface area contributed by atoms with Crippen LogP contribution < -0.4 is 5.32 Å². The number of nitro groups is 1. The van der Waals surface area contributed by atoms with Gasteiger partial charge >= 0.3 is 0 Å². The minimum atomic E-state index is -3.82. The summed E-state index contributed by atoms with van der Waals surface area (Å²) in [4.78, 5) is 15.1. The second-order valence-electron chi connectivity index (χ2n) is 7.03. The average Bonchev–Trinajstić information content (AvgIpc) is 3.37. The molecule has 2 aromatic heterocycles. The number of non-ortho nitro benzene ring substituents is 1. The van der Waals surface area contributed by atoms with E-state index in [9.17, 15) is 18.5 Å². The van der Waals surface area contributed by atoms with Crippen molar-refractivity contribution in [3.8, 4) is 0 Å². The number of hydrogen-bond acceptors (Lipinski definition) is 6. The predicted molar refractivity (Wildman–Crippen MR) is 108 cm³/mol. The average molecular weight is 415 g/mol. The van der Waals surface area contributed by atoms with Crippen LogP contribution in [0.25, 0.3) is 5.65 Å². The van der Waals surface area contributed by atoms with Crippen molar-refractivity contribution in [1.82, 2.24) is 13.7 Å². The molecule has 1 N–H and O–H groups in total. The number of benzene rings is 1. The second kappa shape index (κ2) is 7.45. The normalized spacial score (nSPS) is 15.1. The zero-order valence-corrected chi connectivity index (χ0v) is 16.7. The summed E-state index contributed by atoms with van der Waals surface area (Å²) in [6, 6.07) is 9.67. The molecule has 0 amide bonds. The van der Waals surface area contributed by atoms with E-state index in [1.165, 1.54) is 16.4 Å². The number of aryl methyl sites for hydroxylation is 1. The van der Waals surface area contributed by atoms with E-state index in [1.54, 1.807) is 0 Å². The van der Waals surface area contributed by atoms with Crippen LogP contribution in [0.15, 0.2) is 47.5 Å². The summed E-state index contributed by atoms with van der Waals surface area (Å²) in [6.45, 7) is 3.12. The number of nitrogens with zero attached hydrogens (tertiary/aromatic N) is 4. The van der Waals surface area contributed by atoms with Crippen molar-refractivity contribution in [3.63, 3.8) is 0 Å². The molecule has 3 aromatic rings. The summed E-state index contributed by atoms with van der Waals surface area (Å²) in [5, 5.41) is 14.3. The maximum Gasteiger partial charge on any atom is 0.270 e. The third kappa shape index (κ3) is 3.68. The molecule has 1 fully saturated rings. The van der Waals surface area contributed by atoms with Crippen molar-refractivity contribution in [2.45, 2.75) is 31.2 Å². The van der Waals surface area contributed by atoms with Crippen molar-refractivity contribution >= 4 is 27.0 Å². The first-order valence-corrected chi connectivity index (χ1v) is 10.8. The Morgan fingerprint density at radius 1 is 1.21 bits per heavy atom. The minimum Gasteiger partial charge on any atom is -0.378 e. The quantitative estimate of drug-likeness (QED) is 0.490. The van der Waals surface area contributed by atoms with Gasteiger partial charge in [0.25, 0.3) is 5.69 Å². The van der Waals surface area contributed by atoms with Crippen molar-refractivity contribution in [1.29, 1.82) is 0 Å². The molecule has 152 valence electrons. The first kappa shape index (κ1) is 19.3. The molecule has 0 saturated carbocycles. The van der Waals surface area contributed by atoms with Gasteiger partial charge in [0.15, 0.2) is 0 Å². The number of pyridine rings is 1. The van der Waals surface area contributed by atoms with Gasteiger partial charge in [-0.15, -0.1) is 0 Å². The number of rotatable bonds is 6. The lowest BCUT2D eigenvalue weighted by Crippen LogP contribution is -2.28. The molecule has 1 saturated heterocycles. The summed E-state index contributed by atoms with van der Waals surface area (Å²) in [5.41, 5.74) is 2.65. The van der Waals surface area contributed by atoms with Crippen LogP contribution in [0.1, 0.15) is 24.2 Å². The second-order valence-corrected chi connectivity index (χ2v) is 8.94. The standard InChI is InChI=1S/C19H21N5O4S/c1-14-5-4-6-19-21-15(13-23(14)19)12-20-17-8-7-16(24(25)26)11-18(17)29(27,28)22-9-2-3-10-22/h4-8,11,13,20H,2-3,9-10,12H2,1H3. The van der Waals surface area contributed by atoms with E-state index in [2.05, 4.69) is 10.3 Å². The summed E-state index contributed by atoms with van der Waals surface area (Å²) >= 11 is 0. The first-order valence-electron chi connectivity index (χ1n) is 9.32. The Labute approximate surface area is 168 Å². The van der Waals surface area contributed by atoms with Gasteiger partial charge in [-0.1, -0.05) is 6.07 Å². The van der Waals surface area contributed by atoms with Gasteiger partial charge in [0.05, 0.1) is 22.8 Å². The third-order valence-electron chi connectivity index (χ3n) is 5.06. The molecule has 0 spiro atoms. The van der Waals surface area contributed by atoms with Gasteiger partial charge in [-0.2, -0.15) is 4.31 Å². The lowest BCUT2D eigenvalue weighted by atomic mass is 10.2. The SMILES string of the molecule is Cc1cccc2nc(CNc3ccc([N+](=O)[O-])cc3S(=O)(=O)N3CCCC3)cn12. The molecule has 0 aliphatic carbocycles. The zero-order chi connectivity index (χ0) is 20.6. The molecule has 1 aliphatic heterocycles. The van der Waals surface area contributed by atoms with Crippen molar-refractivity contribution in [2.24, 2.45) is 0 Å². The predicted octanol–water partition coefficient (Wildman–Crippen LogP) is 2.95. The minimum absolute atomic E-state index is 0.0754. The van der Waals surface area contributed by atoms with Gasteiger partial charge < -0.3 is 9.72 Å². The monoisotopic (exact) mass is 415 g/mol. The summed E-state index contributed by atoms with van der Waals surface area (Å²) in [6.07, 6.45) is 3.47. The fourth-order valence-electron chi connectivity index (χ4n) is 3.52. The Kier molecular flexibility index (Phi) is 4.97. The smallest absolute Gasteiger partial charge is 0.270 e. The molecular formula is C19H21N5O4S. The van der Waals surface area contributed by atoms with Crippen LogP contribution in [-0.2, 0) is 16.6 Å². The van der Waals surface area contributed by atoms with Crippen molar-refractivity contribution < 1.29 is 13.3 Å². The van der Waals surface area contributed by atoms with Gasteiger partial charge in [0.2, 0.25) is 10.0 Å². The number of aromatic nitrogens is 2. The lowest BCUT2D eigenvalue weighted by Gasteiger charge is -2.18. The van der Waals surface area contributed by atoms with E-state index < -0.39 is 14.9 Å². The number of fused-ring (bicyclic) bond motifs is 1. The maximum absolute atomic E-state index is 13.1. The van der Waals surface area contributed by atoms with Crippen LogP contribution >= 0.6 is 0 Å². The molecule has 1 aromatic carbocycles. The maximum atomic E-state index is 13.1. The van der Waals surface area contributed by atoms with Crippen LogP contribution in [0.5, 0.6) is 0 Å². The van der Waals surface area contributed by atoms with E-state index in [-0.39, 0.29) is 10.6 Å².